The first-order valence-corrected chi connectivity index (χ1v) is 12.4. The lowest BCUT2D eigenvalue weighted by Gasteiger charge is -2.27. The number of benzene rings is 3. The number of methoxy groups -OCH3 is 1. The molecule has 3 aromatic rings. The lowest BCUT2D eigenvalue weighted by molar-refractivity contribution is -0.385. The van der Waals surface area contributed by atoms with E-state index in [0.717, 1.165) is 22.1 Å². The van der Waals surface area contributed by atoms with Crippen LogP contribution in [0.5, 0.6) is 17.2 Å². The molecular formula is C27H19BrF3N3O7. The Labute approximate surface area is 238 Å². The highest BCUT2D eigenvalue weighted by atomic mass is 79.9. The average Bonchev–Trinajstić information content (AvgIpc) is 2.89. The third-order valence-electron chi connectivity index (χ3n) is 6.11. The van der Waals surface area contributed by atoms with Crippen LogP contribution in [0.4, 0.5) is 29.3 Å². The Morgan fingerprint density at radius 2 is 1.71 bits per heavy atom. The molecule has 1 heterocycles. The van der Waals surface area contributed by atoms with Gasteiger partial charge in [0, 0.05) is 6.07 Å². The van der Waals surface area contributed by atoms with Crippen LogP contribution in [0.2, 0.25) is 0 Å². The van der Waals surface area contributed by atoms with Crippen LogP contribution >= 0.6 is 15.9 Å². The van der Waals surface area contributed by atoms with Crippen molar-refractivity contribution in [2.24, 2.45) is 0 Å². The SMILES string of the molecule is COc1cc(/C=C2\C(=O)NC(=O)N(c3ccc(C)c(C)c3)C2=O)cc(Br)c1Oc1ccc(C(F)(F)F)cc1[N+](=O)[O-]. The Morgan fingerprint density at radius 3 is 2.32 bits per heavy atom. The summed E-state index contributed by atoms with van der Waals surface area (Å²) >= 11 is 3.24. The molecule has 0 saturated carbocycles. The molecule has 1 saturated heterocycles. The van der Waals surface area contributed by atoms with Crippen molar-refractivity contribution in [3.8, 4) is 17.2 Å². The van der Waals surface area contributed by atoms with E-state index in [9.17, 15) is 37.7 Å². The maximum atomic E-state index is 13.3. The van der Waals surface area contributed by atoms with Gasteiger partial charge in [0.15, 0.2) is 11.5 Å². The minimum absolute atomic E-state index is 0.0359. The molecule has 0 aliphatic carbocycles. The predicted octanol–water partition coefficient (Wildman–Crippen LogP) is 6.46. The second-order valence-electron chi connectivity index (χ2n) is 8.80. The maximum absolute atomic E-state index is 13.3. The summed E-state index contributed by atoms with van der Waals surface area (Å²) in [6.45, 7) is 3.67. The molecule has 41 heavy (non-hydrogen) atoms. The van der Waals surface area contributed by atoms with Crippen LogP contribution in [0.25, 0.3) is 6.08 Å². The smallest absolute Gasteiger partial charge is 0.416 e. The number of hydrogen-bond acceptors (Lipinski definition) is 7. The fourth-order valence-corrected chi connectivity index (χ4v) is 4.42. The molecule has 0 unspecified atom stereocenters. The lowest BCUT2D eigenvalue weighted by atomic mass is 10.0. The number of alkyl halides is 3. The molecule has 14 heteroatoms. The topological polar surface area (TPSA) is 128 Å². The summed E-state index contributed by atoms with van der Waals surface area (Å²) < 4.78 is 50.2. The minimum atomic E-state index is -4.81. The zero-order valence-corrected chi connectivity index (χ0v) is 23.0. The fourth-order valence-electron chi connectivity index (χ4n) is 3.88. The Balaban J connectivity index is 1.72. The lowest BCUT2D eigenvalue weighted by Crippen LogP contribution is -2.54. The highest BCUT2D eigenvalue weighted by Crippen LogP contribution is 2.44. The highest BCUT2D eigenvalue weighted by molar-refractivity contribution is 9.10. The molecule has 0 radical (unpaired) electrons. The molecule has 4 rings (SSSR count). The van der Waals surface area contributed by atoms with Crippen LogP contribution in [0.15, 0.2) is 58.6 Å². The molecule has 1 aliphatic rings. The number of carbonyl (C=O) groups excluding carboxylic acids is 3. The second kappa shape index (κ2) is 11.0. The minimum Gasteiger partial charge on any atom is -0.493 e. The first kappa shape index (κ1) is 29.3. The number of barbiturate groups is 1. The molecule has 3 aromatic carbocycles. The van der Waals surface area contributed by atoms with Crippen molar-refractivity contribution in [3.05, 3.63) is 90.9 Å². The van der Waals surface area contributed by atoms with Crippen molar-refractivity contribution in [2.45, 2.75) is 20.0 Å². The maximum Gasteiger partial charge on any atom is 0.416 e. The van der Waals surface area contributed by atoms with Crippen LogP contribution in [-0.2, 0) is 15.8 Å². The number of hydrogen-bond donors (Lipinski definition) is 1. The number of halogens is 4. The van der Waals surface area contributed by atoms with E-state index >= 15 is 0 Å². The number of urea groups is 1. The molecule has 10 nitrogen and oxygen atoms in total. The van der Waals surface area contributed by atoms with Gasteiger partial charge in [-0.15, -0.1) is 0 Å². The summed E-state index contributed by atoms with van der Waals surface area (Å²) in [6, 6.07) is 8.53. The Hall–Kier alpha value is -4.72. The van der Waals surface area contributed by atoms with Gasteiger partial charge in [0.25, 0.3) is 11.8 Å². The van der Waals surface area contributed by atoms with Gasteiger partial charge in [-0.05, 0) is 88.9 Å². The number of anilines is 1. The Bertz CT molecular complexity index is 1650. The molecule has 212 valence electrons. The third-order valence-corrected chi connectivity index (χ3v) is 6.70. The summed E-state index contributed by atoms with van der Waals surface area (Å²) in [5.41, 5.74) is -0.280. The number of carbonyl (C=O) groups is 3. The van der Waals surface area contributed by atoms with E-state index in [-0.39, 0.29) is 32.8 Å². The fraction of sp³-hybridized carbons (Fsp3) is 0.148. The van der Waals surface area contributed by atoms with Gasteiger partial charge < -0.3 is 9.47 Å². The van der Waals surface area contributed by atoms with Crippen molar-refractivity contribution in [1.29, 1.82) is 0 Å². The quantitative estimate of drug-likeness (QED) is 0.143. The van der Waals surface area contributed by atoms with Gasteiger partial charge in [-0.25, -0.2) is 9.69 Å². The standard InChI is InChI=1S/C27H19BrF3N3O7/c1-13-4-6-17(8-14(13)2)33-25(36)18(24(35)32-26(33)37)9-15-10-19(28)23(22(11-15)40-3)41-21-7-5-16(27(29,30)31)12-20(21)34(38)39/h4-12H,1-3H3,(H,32,35,37)/b18-9+. The van der Waals surface area contributed by atoms with Gasteiger partial charge in [0.05, 0.1) is 27.8 Å². The molecular weight excluding hydrogens is 615 g/mol. The second-order valence-corrected chi connectivity index (χ2v) is 9.65. The molecule has 1 aliphatic heterocycles. The first-order valence-electron chi connectivity index (χ1n) is 11.6. The largest absolute Gasteiger partial charge is 0.493 e. The van der Waals surface area contributed by atoms with Crippen molar-refractivity contribution in [2.75, 3.05) is 12.0 Å². The van der Waals surface area contributed by atoms with Gasteiger partial charge in [-0.2, -0.15) is 13.2 Å². The average molecular weight is 634 g/mol. The van der Waals surface area contributed by atoms with E-state index in [1.54, 1.807) is 25.1 Å². The van der Waals surface area contributed by atoms with E-state index in [1.807, 2.05) is 6.92 Å². The number of nitrogens with zero attached hydrogens (tertiary/aromatic N) is 2. The Morgan fingerprint density at radius 1 is 1.00 bits per heavy atom. The molecule has 0 aromatic heterocycles. The van der Waals surface area contributed by atoms with Gasteiger partial charge in [0.1, 0.15) is 5.57 Å². The predicted molar refractivity (Wildman–Crippen MR) is 144 cm³/mol. The molecule has 0 spiro atoms. The number of nitro groups is 1. The van der Waals surface area contributed by atoms with Crippen LogP contribution in [-0.4, -0.2) is 29.9 Å². The number of aryl methyl sites for hydroxylation is 2. The van der Waals surface area contributed by atoms with Gasteiger partial charge in [0.2, 0.25) is 5.75 Å². The molecule has 1 N–H and O–H groups in total. The number of imide groups is 2. The van der Waals surface area contributed by atoms with Crippen LogP contribution < -0.4 is 19.7 Å². The number of nitrogens with one attached hydrogen (secondary N) is 1. The van der Waals surface area contributed by atoms with Crippen LogP contribution in [0.1, 0.15) is 22.3 Å². The van der Waals surface area contributed by atoms with Crippen LogP contribution in [0.3, 0.4) is 0 Å². The van der Waals surface area contributed by atoms with Gasteiger partial charge in [-0.3, -0.25) is 25.0 Å². The molecule has 0 atom stereocenters. The summed E-state index contributed by atoms with van der Waals surface area (Å²) in [5, 5.41) is 13.6. The summed E-state index contributed by atoms with van der Waals surface area (Å²) in [7, 11) is 1.24. The number of rotatable bonds is 6. The van der Waals surface area contributed by atoms with Gasteiger partial charge in [-0.1, -0.05) is 6.07 Å². The zero-order valence-electron chi connectivity index (χ0n) is 21.5. The number of ether oxygens (including phenoxy) is 2. The third kappa shape index (κ3) is 5.91. The van der Waals surface area contributed by atoms with E-state index in [2.05, 4.69) is 21.2 Å². The Kier molecular flexibility index (Phi) is 7.88. The van der Waals surface area contributed by atoms with E-state index in [4.69, 9.17) is 9.47 Å². The first-order chi connectivity index (χ1) is 19.2. The van der Waals surface area contributed by atoms with Crippen molar-refractivity contribution < 1.29 is 42.0 Å². The van der Waals surface area contributed by atoms with E-state index in [0.29, 0.717) is 12.1 Å². The normalized spacial score (nSPS) is 14.8. The van der Waals surface area contributed by atoms with E-state index in [1.165, 1.54) is 25.3 Å². The van der Waals surface area contributed by atoms with Crippen molar-refractivity contribution in [1.82, 2.24) is 5.32 Å². The highest BCUT2D eigenvalue weighted by Gasteiger charge is 2.37. The van der Waals surface area contributed by atoms with Crippen molar-refractivity contribution >= 4 is 51.2 Å². The van der Waals surface area contributed by atoms with Crippen LogP contribution in [0, 0.1) is 24.0 Å². The molecule has 1 fully saturated rings. The molecule has 4 amide bonds. The molecule has 0 bridgehead atoms. The summed E-state index contributed by atoms with van der Waals surface area (Å²) in [6.07, 6.45) is -3.60. The van der Waals surface area contributed by atoms with Gasteiger partial charge >= 0.3 is 17.9 Å². The monoisotopic (exact) mass is 633 g/mol. The zero-order chi connectivity index (χ0) is 30.2. The number of nitro benzene ring substituents is 1. The summed E-state index contributed by atoms with van der Waals surface area (Å²) in [4.78, 5) is 49.7. The van der Waals surface area contributed by atoms with Crippen molar-refractivity contribution in [3.63, 3.8) is 0 Å². The number of amides is 4. The van der Waals surface area contributed by atoms with E-state index < -0.39 is 45.9 Å². The summed E-state index contributed by atoms with van der Waals surface area (Å²) in [5.74, 6) is -2.46.